The van der Waals surface area contributed by atoms with E-state index in [1.807, 2.05) is 0 Å². The van der Waals surface area contributed by atoms with E-state index in [1.54, 1.807) is 0 Å². The van der Waals surface area contributed by atoms with E-state index >= 15 is 0 Å². The van der Waals surface area contributed by atoms with Crippen molar-refractivity contribution in [2.75, 3.05) is 0 Å². The minimum Gasteiger partial charge on any atom is -0.0995 e. The lowest BCUT2D eigenvalue weighted by Gasteiger charge is -2.05. The van der Waals surface area contributed by atoms with Gasteiger partial charge >= 0.3 is 0 Å². The first-order valence-electron chi connectivity index (χ1n) is 3.93. The molecule has 0 heterocycles. The normalized spacial score (nSPS) is 28.2. The third-order valence-electron chi connectivity index (χ3n) is 2.28. The molecule has 1 aliphatic rings. The molecule has 0 N–H and O–H groups in total. The van der Waals surface area contributed by atoms with E-state index in [1.165, 1.54) is 24.8 Å². The molecule has 0 aliphatic heterocycles. The molecule has 0 saturated heterocycles. The molecule has 1 saturated carbocycles. The average Bonchev–Trinajstić information content (AvgIpc) is 2.47. The zero-order chi connectivity index (χ0) is 6.85. The van der Waals surface area contributed by atoms with Crippen LogP contribution in [0.1, 0.15) is 33.1 Å². The molecule has 0 aromatic carbocycles. The van der Waals surface area contributed by atoms with Gasteiger partial charge < -0.3 is 0 Å². The summed E-state index contributed by atoms with van der Waals surface area (Å²) in [5.74, 6) is 1.80. The fourth-order valence-corrected chi connectivity index (χ4v) is 1.48. The molecule has 2 atom stereocenters. The average molecular weight is 124 g/mol. The Balaban J connectivity index is 2.19. The van der Waals surface area contributed by atoms with Crippen LogP contribution in [0.15, 0.2) is 12.2 Å². The molecular formula is C9H16. The van der Waals surface area contributed by atoms with Crippen LogP contribution < -0.4 is 0 Å². The topological polar surface area (TPSA) is 0 Å². The van der Waals surface area contributed by atoms with Crippen LogP contribution in [0.2, 0.25) is 0 Å². The molecule has 1 rings (SSSR count). The maximum Gasteiger partial charge on any atom is -0.0143 e. The molecule has 0 heteroatoms. The molecule has 1 aliphatic carbocycles. The van der Waals surface area contributed by atoms with Crippen molar-refractivity contribution in [1.82, 2.24) is 0 Å². The molecule has 0 spiro atoms. The van der Waals surface area contributed by atoms with Crippen LogP contribution in [-0.4, -0.2) is 0 Å². The Hall–Kier alpha value is -0.260. The van der Waals surface area contributed by atoms with Crippen molar-refractivity contribution in [3.63, 3.8) is 0 Å². The van der Waals surface area contributed by atoms with Crippen LogP contribution in [0.5, 0.6) is 0 Å². The van der Waals surface area contributed by atoms with Crippen LogP contribution in [0.25, 0.3) is 0 Å². The fraction of sp³-hybridized carbons (Fsp3) is 0.778. The van der Waals surface area contributed by atoms with E-state index in [2.05, 4.69) is 20.4 Å². The largest absolute Gasteiger partial charge is 0.0995 e. The molecule has 0 radical (unpaired) electrons. The van der Waals surface area contributed by atoms with Gasteiger partial charge in [0.1, 0.15) is 0 Å². The first-order valence-corrected chi connectivity index (χ1v) is 3.93. The number of rotatable bonds is 3. The summed E-state index contributed by atoms with van der Waals surface area (Å²) >= 11 is 0. The smallest absolute Gasteiger partial charge is 0.0143 e. The van der Waals surface area contributed by atoms with E-state index in [0.29, 0.717) is 0 Å². The Morgan fingerprint density at radius 2 is 2.33 bits per heavy atom. The van der Waals surface area contributed by atoms with Gasteiger partial charge in [0.05, 0.1) is 0 Å². The second kappa shape index (κ2) is 2.55. The van der Waals surface area contributed by atoms with Gasteiger partial charge in [-0.25, -0.2) is 0 Å². The van der Waals surface area contributed by atoms with Crippen LogP contribution >= 0.6 is 0 Å². The van der Waals surface area contributed by atoms with Gasteiger partial charge in [-0.15, -0.1) is 0 Å². The summed E-state index contributed by atoms with van der Waals surface area (Å²) < 4.78 is 0. The minimum absolute atomic E-state index is 0.893. The van der Waals surface area contributed by atoms with Gasteiger partial charge in [0.2, 0.25) is 0 Å². The number of hydrogen-bond acceptors (Lipinski definition) is 0. The van der Waals surface area contributed by atoms with Gasteiger partial charge in [0.25, 0.3) is 0 Å². The lowest BCUT2D eigenvalue weighted by Crippen LogP contribution is -1.94. The quantitative estimate of drug-likeness (QED) is 0.507. The zero-order valence-electron chi connectivity index (χ0n) is 6.48. The van der Waals surface area contributed by atoms with Crippen molar-refractivity contribution < 1.29 is 0 Å². The molecule has 9 heavy (non-hydrogen) atoms. The molecule has 0 nitrogen and oxygen atoms in total. The lowest BCUT2D eigenvalue weighted by atomic mass is 10.0. The van der Waals surface area contributed by atoms with E-state index in [-0.39, 0.29) is 0 Å². The van der Waals surface area contributed by atoms with Crippen LogP contribution in [-0.2, 0) is 0 Å². The van der Waals surface area contributed by atoms with Crippen molar-refractivity contribution in [1.29, 1.82) is 0 Å². The molecule has 0 bridgehead atoms. The second-order valence-electron chi connectivity index (χ2n) is 3.23. The first-order chi connectivity index (χ1) is 4.25. The van der Waals surface area contributed by atoms with Crippen molar-refractivity contribution in [2.24, 2.45) is 11.8 Å². The summed E-state index contributed by atoms with van der Waals surface area (Å²) in [5.41, 5.74) is 1.48. The van der Waals surface area contributed by atoms with E-state index in [0.717, 1.165) is 11.8 Å². The predicted octanol–water partition coefficient (Wildman–Crippen LogP) is 3.00. The number of hydrogen-bond donors (Lipinski definition) is 0. The SMILES string of the molecule is C=C1CC1C(C)CCC. The van der Waals surface area contributed by atoms with Gasteiger partial charge in [0.15, 0.2) is 0 Å². The molecule has 0 amide bonds. The van der Waals surface area contributed by atoms with Crippen molar-refractivity contribution in [2.45, 2.75) is 33.1 Å². The Bertz CT molecular complexity index is 113. The Labute approximate surface area is 58.0 Å². The third-order valence-corrected chi connectivity index (χ3v) is 2.28. The summed E-state index contributed by atoms with van der Waals surface area (Å²) in [6.07, 6.45) is 4.01. The molecule has 0 aromatic heterocycles. The maximum absolute atomic E-state index is 3.95. The van der Waals surface area contributed by atoms with Gasteiger partial charge in [0, 0.05) is 0 Å². The minimum atomic E-state index is 0.893. The van der Waals surface area contributed by atoms with Gasteiger partial charge in [-0.2, -0.15) is 0 Å². The first kappa shape index (κ1) is 6.85. The van der Waals surface area contributed by atoms with Crippen LogP contribution in [0.4, 0.5) is 0 Å². The summed E-state index contributed by atoms with van der Waals surface area (Å²) in [6, 6.07) is 0. The Morgan fingerprint density at radius 1 is 1.78 bits per heavy atom. The zero-order valence-corrected chi connectivity index (χ0v) is 6.48. The molecular weight excluding hydrogens is 108 g/mol. The van der Waals surface area contributed by atoms with Gasteiger partial charge in [-0.3, -0.25) is 0 Å². The highest BCUT2D eigenvalue weighted by molar-refractivity contribution is 5.19. The van der Waals surface area contributed by atoms with Crippen LogP contribution in [0.3, 0.4) is 0 Å². The van der Waals surface area contributed by atoms with Gasteiger partial charge in [-0.1, -0.05) is 38.8 Å². The highest BCUT2D eigenvalue weighted by Gasteiger charge is 2.31. The summed E-state index contributed by atoms with van der Waals surface area (Å²) in [4.78, 5) is 0. The maximum atomic E-state index is 3.95. The standard InChI is InChI=1S/C9H16/c1-4-5-7(2)9-6-8(9)3/h7,9H,3-6H2,1-2H3. The van der Waals surface area contributed by atoms with Crippen molar-refractivity contribution in [3.05, 3.63) is 12.2 Å². The van der Waals surface area contributed by atoms with Gasteiger partial charge in [-0.05, 0) is 18.3 Å². The van der Waals surface area contributed by atoms with E-state index < -0.39 is 0 Å². The fourth-order valence-electron chi connectivity index (χ4n) is 1.48. The molecule has 1 fully saturated rings. The summed E-state index contributed by atoms with van der Waals surface area (Å²) in [5, 5.41) is 0. The highest BCUT2D eigenvalue weighted by atomic mass is 14.4. The second-order valence-corrected chi connectivity index (χ2v) is 3.23. The third kappa shape index (κ3) is 1.57. The van der Waals surface area contributed by atoms with Crippen LogP contribution in [0, 0.1) is 11.8 Å². The lowest BCUT2D eigenvalue weighted by molar-refractivity contribution is 0.477. The highest BCUT2D eigenvalue weighted by Crippen LogP contribution is 2.43. The van der Waals surface area contributed by atoms with Crippen molar-refractivity contribution >= 4 is 0 Å². The van der Waals surface area contributed by atoms with E-state index in [9.17, 15) is 0 Å². The predicted molar refractivity (Wildman–Crippen MR) is 41.3 cm³/mol. The van der Waals surface area contributed by atoms with Crippen molar-refractivity contribution in [3.8, 4) is 0 Å². The Kier molecular flexibility index (Phi) is 1.94. The number of allylic oxidation sites excluding steroid dienone is 1. The molecule has 2 unspecified atom stereocenters. The van der Waals surface area contributed by atoms with E-state index in [4.69, 9.17) is 0 Å². The summed E-state index contributed by atoms with van der Waals surface area (Å²) in [6.45, 7) is 8.54. The monoisotopic (exact) mass is 124 g/mol. The summed E-state index contributed by atoms with van der Waals surface area (Å²) in [7, 11) is 0. The molecule has 52 valence electrons. The Morgan fingerprint density at radius 3 is 2.67 bits per heavy atom. The molecule has 0 aromatic rings.